The average molecular weight is 264 g/mol. The molecule has 0 atom stereocenters. The molecule has 0 saturated heterocycles. The van der Waals surface area contributed by atoms with Crippen molar-refractivity contribution in [2.24, 2.45) is 0 Å². The third-order valence-electron chi connectivity index (χ3n) is 2.28. The zero-order valence-corrected chi connectivity index (χ0v) is 10.1. The molecule has 1 N–H and O–H groups in total. The molecule has 1 aromatic heterocycles. The van der Waals surface area contributed by atoms with Gasteiger partial charge in [0.2, 0.25) is 5.88 Å². The molecule has 0 saturated carbocycles. The summed E-state index contributed by atoms with van der Waals surface area (Å²) in [5, 5.41) is 8.72. The van der Waals surface area contributed by atoms with Gasteiger partial charge in [-0.2, -0.15) is 0 Å². The number of ether oxygens (including phenoxy) is 1. The van der Waals surface area contributed by atoms with E-state index in [1.807, 2.05) is 30.3 Å². The third kappa shape index (κ3) is 2.99. The van der Waals surface area contributed by atoms with Crippen LogP contribution in [0.3, 0.4) is 0 Å². The highest BCUT2D eigenvalue weighted by atomic mass is 35.5. The Hall–Kier alpha value is -2.07. The maximum absolute atomic E-state index is 10.7. The predicted molar refractivity (Wildman–Crippen MR) is 67.0 cm³/mol. The van der Waals surface area contributed by atoms with E-state index < -0.39 is 5.97 Å². The summed E-state index contributed by atoms with van der Waals surface area (Å²) >= 11 is 5.73. The minimum Gasteiger partial charge on any atom is -0.478 e. The summed E-state index contributed by atoms with van der Waals surface area (Å²) in [5.74, 6) is -0.809. The highest BCUT2D eigenvalue weighted by Gasteiger charge is 2.10. The zero-order chi connectivity index (χ0) is 13.0. The minimum atomic E-state index is -1.11. The quantitative estimate of drug-likeness (QED) is 0.862. The molecule has 1 heterocycles. The van der Waals surface area contributed by atoms with Gasteiger partial charge in [-0.15, -0.1) is 0 Å². The number of halogens is 1. The lowest BCUT2D eigenvalue weighted by atomic mass is 10.2. The zero-order valence-electron chi connectivity index (χ0n) is 9.34. The molecule has 0 fully saturated rings. The Morgan fingerprint density at radius 1 is 1.22 bits per heavy atom. The average Bonchev–Trinajstić information content (AvgIpc) is 2.37. The van der Waals surface area contributed by atoms with E-state index in [1.165, 1.54) is 12.1 Å². The summed E-state index contributed by atoms with van der Waals surface area (Å²) in [6.07, 6.45) is 0. The van der Waals surface area contributed by atoms with Gasteiger partial charge in [0.05, 0.1) is 5.56 Å². The predicted octanol–water partition coefficient (Wildman–Crippen LogP) is 3.01. The van der Waals surface area contributed by atoms with Crippen molar-refractivity contribution in [2.45, 2.75) is 6.61 Å². The molecular weight excluding hydrogens is 254 g/mol. The Labute approximate surface area is 109 Å². The molecule has 0 spiro atoms. The van der Waals surface area contributed by atoms with Crippen molar-refractivity contribution in [1.29, 1.82) is 0 Å². The first-order valence-electron chi connectivity index (χ1n) is 5.23. The van der Waals surface area contributed by atoms with Crippen molar-refractivity contribution in [2.75, 3.05) is 0 Å². The molecule has 0 aliphatic rings. The minimum absolute atomic E-state index is 0.0382. The largest absolute Gasteiger partial charge is 0.478 e. The van der Waals surface area contributed by atoms with Crippen molar-refractivity contribution < 1.29 is 14.6 Å². The monoisotopic (exact) mass is 263 g/mol. The van der Waals surface area contributed by atoms with Crippen LogP contribution in [0.4, 0.5) is 0 Å². The van der Waals surface area contributed by atoms with Crippen molar-refractivity contribution >= 4 is 17.6 Å². The number of hydrogen-bond donors (Lipinski definition) is 1. The topological polar surface area (TPSA) is 59.4 Å². The molecule has 0 aliphatic heterocycles. The van der Waals surface area contributed by atoms with Gasteiger partial charge in [0.15, 0.2) is 0 Å². The highest BCUT2D eigenvalue weighted by molar-refractivity contribution is 6.32. The number of carboxylic acids is 1. The maximum Gasteiger partial charge on any atom is 0.338 e. The fourth-order valence-electron chi connectivity index (χ4n) is 1.39. The second-order valence-corrected chi connectivity index (χ2v) is 3.93. The van der Waals surface area contributed by atoms with Gasteiger partial charge in [0.1, 0.15) is 11.8 Å². The number of carboxylic acid groups (broad SMARTS) is 1. The standard InChI is InChI=1S/C13H10ClNO3/c14-12-10(13(16)17)6-7-11(15-12)18-8-9-4-2-1-3-5-9/h1-7H,8H2,(H,16,17). The van der Waals surface area contributed by atoms with Gasteiger partial charge in [-0.1, -0.05) is 41.9 Å². The van der Waals surface area contributed by atoms with Gasteiger partial charge in [0.25, 0.3) is 0 Å². The smallest absolute Gasteiger partial charge is 0.338 e. The van der Waals surface area contributed by atoms with Crippen LogP contribution >= 0.6 is 11.6 Å². The second-order valence-electron chi connectivity index (χ2n) is 3.57. The van der Waals surface area contributed by atoms with E-state index in [4.69, 9.17) is 21.4 Å². The van der Waals surface area contributed by atoms with E-state index in [9.17, 15) is 4.79 Å². The van der Waals surface area contributed by atoms with E-state index in [0.29, 0.717) is 12.5 Å². The van der Waals surface area contributed by atoms with Crippen LogP contribution in [0.15, 0.2) is 42.5 Å². The van der Waals surface area contributed by atoms with Crippen LogP contribution in [-0.4, -0.2) is 16.1 Å². The number of carbonyl (C=O) groups is 1. The summed E-state index contributed by atoms with van der Waals surface area (Å²) in [6, 6.07) is 12.4. The normalized spacial score (nSPS) is 10.1. The van der Waals surface area contributed by atoms with Gasteiger partial charge < -0.3 is 9.84 Å². The number of benzene rings is 1. The first-order chi connectivity index (χ1) is 8.66. The van der Waals surface area contributed by atoms with Crippen LogP contribution in [0.5, 0.6) is 5.88 Å². The maximum atomic E-state index is 10.7. The van der Waals surface area contributed by atoms with Crippen LogP contribution in [0, 0.1) is 0 Å². The summed E-state index contributed by atoms with van der Waals surface area (Å²) < 4.78 is 5.42. The number of aromatic carboxylic acids is 1. The van der Waals surface area contributed by atoms with E-state index in [2.05, 4.69) is 4.98 Å². The first kappa shape index (κ1) is 12.4. The number of nitrogens with zero attached hydrogens (tertiary/aromatic N) is 1. The van der Waals surface area contributed by atoms with Crippen molar-refractivity contribution in [1.82, 2.24) is 4.98 Å². The van der Waals surface area contributed by atoms with E-state index in [1.54, 1.807) is 0 Å². The third-order valence-corrected chi connectivity index (χ3v) is 2.57. The SMILES string of the molecule is O=C(O)c1ccc(OCc2ccccc2)nc1Cl. The van der Waals surface area contributed by atoms with Gasteiger partial charge in [-0.3, -0.25) is 0 Å². The van der Waals surface area contributed by atoms with E-state index in [0.717, 1.165) is 5.56 Å². The lowest BCUT2D eigenvalue weighted by Crippen LogP contribution is -2.02. The van der Waals surface area contributed by atoms with Gasteiger partial charge in [-0.05, 0) is 11.6 Å². The molecule has 4 nitrogen and oxygen atoms in total. The fourth-order valence-corrected chi connectivity index (χ4v) is 1.62. The Balaban J connectivity index is 2.07. The molecule has 0 unspecified atom stereocenters. The number of aromatic nitrogens is 1. The van der Waals surface area contributed by atoms with Crippen molar-refractivity contribution in [3.63, 3.8) is 0 Å². The Bertz CT molecular complexity index is 557. The van der Waals surface area contributed by atoms with Crippen LogP contribution in [0.2, 0.25) is 5.15 Å². The molecule has 0 radical (unpaired) electrons. The van der Waals surface area contributed by atoms with Gasteiger partial charge in [0, 0.05) is 6.07 Å². The van der Waals surface area contributed by atoms with Crippen LogP contribution in [0.1, 0.15) is 15.9 Å². The van der Waals surface area contributed by atoms with Gasteiger partial charge >= 0.3 is 5.97 Å². The molecule has 0 bridgehead atoms. The molecule has 0 aliphatic carbocycles. The molecule has 5 heteroatoms. The second kappa shape index (κ2) is 5.51. The Kier molecular flexibility index (Phi) is 3.79. The van der Waals surface area contributed by atoms with E-state index in [-0.39, 0.29) is 10.7 Å². The Morgan fingerprint density at radius 2 is 1.94 bits per heavy atom. The van der Waals surface area contributed by atoms with Gasteiger partial charge in [-0.25, -0.2) is 9.78 Å². The van der Waals surface area contributed by atoms with Crippen LogP contribution < -0.4 is 4.74 Å². The number of rotatable bonds is 4. The van der Waals surface area contributed by atoms with Crippen molar-refractivity contribution in [3.8, 4) is 5.88 Å². The lowest BCUT2D eigenvalue weighted by Gasteiger charge is -2.06. The van der Waals surface area contributed by atoms with Crippen LogP contribution in [-0.2, 0) is 6.61 Å². The molecule has 0 amide bonds. The van der Waals surface area contributed by atoms with E-state index >= 15 is 0 Å². The fraction of sp³-hybridized carbons (Fsp3) is 0.0769. The molecule has 2 rings (SSSR count). The summed E-state index contributed by atoms with van der Waals surface area (Å²) in [4.78, 5) is 14.6. The lowest BCUT2D eigenvalue weighted by molar-refractivity contribution is 0.0696. The summed E-state index contributed by atoms with van der Waals surface area (Å²) in [6.45, 7) is 0.358. The summed E-state index contributed by atoms with van der Waals surface area (Å²) in [7, 11) is 0. The molecule has 92 valence electrons. The molecule has 18 heavy (non-hydrogen) atoms. The first-order valence-corrected chi connectivity index (χ1v) is 5.61. The molecule has 1 aromatic carbocycles. The summed E-state index contributed by atoms with van der Waals surface area (Å²) in [5.41, 5.74) is 0.960. The Morgan fingerprint density at radius 3 is 2.56 bits per heavy atom. The van der Waals surface area contributed by atoms with Crippen LogP contribution in [0.25, 0.3) is 0 Å². The van der Waals surface area contributed by atoms with Crippen molar-refractivity contribution in [3.05, 3.63) is 58.7 Å². The number of pyridine rings is 1. The molecular formula is C13H10ClNO3. The highest BCUT2D eigenvalue weighted by Crippen LogP contribution is 2.18. The number of hydrogen-bond acceptors (Lipinski definition) is 3. The molecule has 2 aromatic rings.